The van der Waals surface area contributed by atoms with Gasteiger partial charge in [0.1, 0.15) is 0 Å². The lowest BCUT2D eigenvalue weighted by atomic mass is 9.87. The minimum absolute atomic E-state index is 0.0634. The number of amides is 1. The van der Waals surface area contributed by atoms with Crippen LogP contribution in [0.3, 0.4) is 0 Å². The molecule has 2 aromatic carbocycles. The van der Waals surface area contributed by atoms with E-state index in [9.17, 15) is 4.79 Å². The molecule has 1 atom stereocenters. The van der Waals surface area contributed by atoms with Crippen molar-refractivity contribution >= 4 is 11.6 Å². The molecule has 1 amide bonds. The minimum atomic E-state index is -0.0634. The smallest absolute Gasteiger partial charge is 0.257 e. The summed E-state index contributed by atoms with van der Waals surface area (Å²) >= 11 is 0. The predicted molar refractivity (Wildman–Crippen MR) is 119 cm³/mol. The van der Waals surface area contributed by atoms with Crippen molar-refractivity contribution in [3.05, 3.63) is 65.5 Å². The summed E-state index contributed by atoms with van der Waals surface area (Å²) in [6, 6.07) is 16.4. The summed E-state index contributed by atoms with van der Waals surface area (Å²) in [5.41, 5.74) is 4.41. The van der Waals surface area contributed by atoms with E-state index >= 15 is 0 Å². The van der Waals surface area contributed by atoms with Gasteiger partial charge in [0.2, 0.25) is 5.91 Å². The number of anilines is 1. The van der Waals surface area contributed by atoms with Crippen molar-refractivity contribution in [2.75, 3.05) is 11.4 Å². The lowest BCUT2D eigenvalue weighted by molar-refractivity contribution is -0.117. The monoisotopic (exact) mass is 403 g/mol. The molecule has 0 aliphatic carbocycles. The molecule has 0 radical (unpaired) electrons. The topological polar surface area (TPSA) is 59.2 Å². The Labute approximate surface area is 178 Å². The van der Waals surface area contributed by atoms with Crippen LogP contribution in [-0.4, -0.2) is 22.6 Å². The highest BCUT2D eigenvalue weighted by atomic mass is 16.5. The van der Waals surface area contributed by atoms with Crippen LogP contribution in [0.1, 0.15) is 69.8 Å². The van der Waals surface area contributed by atoms with Crippen molar-refractivity contribution in [1.82, 2.24) is 10.1 Å². The Balaban J connectivity index is 1.52. The Kier molecular flexibility index (Phi) is 5.22. The van der Waals surface area contributed by atoms with Gasteiger partial charge < -0.3 is 9.42 Å². The lowest BCUT2D eigenvalue weighted by Gasteiger charge is -2.18. The van der Waals surface area contributed by atoms with Gasteiger partial charge in [0, 0.05) is 30.1 Å². The summed E-state index contributed by atoms with van der Waals surface area (Å²) in [5.74, 6) is 1.55. The Morgan fingerprint density at radius 1 is 1.10 bits per heavy atom. The van der Waals surface area contributed by atoms with Crippen molar-refractivity contribution < 1.29 is 9.32 Å². The zero-order valence-electron chi connectivity index (χ0n) is 18.3. The summed E-state index contributed by atoms with van der Waals surface area (Å²) in [5, 5.41) is 4.19. The van der Waals surface area contributed by atoms with Crippen LogP contribution in [-0.2, 0) is 10.2 Å². The van der Waals surface area contributed by atoms with E-state index in [1.807, 2.05) is 29.2 Å². The van der Waals surface area contributed by atoms with Gasteiger partial charge >= 0.3 is 0 Å². The van der Waals surface area contributed by atoms with Crippen molar-refractivity contribution in [2.45, 2.75) is 58.3 Å². The third kappa shape index (κ3) is 4.02. The first-order chi connectivity index (χ1) is 14.2. The predicted octanol–water partition coefficient (Wildman–Crippen LogP) is 5.68. The molecule has 0 saturated carbocycles. The maximum atomic E-state index is 12.7. The first-order valence-electron chi connectivity index (χ1n) is 10.6. The largest absolute Gasteiger partial charge is 0.334 e. The molecule has 5 heteroatoms. The molecule has 0 N–H and O–H groups in total. The molecule has 4 rings (SSSR count). The lowest BCUT2D eigenvalue weighted by Crippen LogP contribution is -2.24. The summed E-state index contributed by atoms with van der Waals surface area (Å²) in [6.07, 6.45) is 0.397. The molecular weight excluding hydrogens is 374 g/mol. The van der Waals surface area contributed by atoms with Crippen LogP contribution in [0.5, 0.6) is 0 Å². The molecule has 5 nitrogen and oxygen atoms in total. The number of nitrogens with zero attached hydrogens (tertiary/aromatic N) is 3. The average molecular weight is 404 g/mol. The summed E-state index contributed by atoms with van der Waals surface area (Å²) in [4.78, 5) is 19.1. The van der Waals surface area contributed by atoms with Gasteiger partial charge in [-0.05, 0) is 46.7 Å². The number of benzene rings is 2. The van der Waals surface area contributed by atoms with Gasteiger partial charge in [-0.3, -0.25) is 4.79 Å². The molecule has 1 aromatic heterocycles. The Morgan fingerprint density at radius 2 is 1.83 bits per heavy atom. The molecule has 1 saturated heterocycles. The fourth-order valence-corrected chi connectivity index (χ4v) is 3.81. The number of aromatic nitrogens is 2. The second-order valence-electron chi connectivity index (χ2n) is 9.44. The van der Waals surface area contributed by atoms with E-state index in [0.717, 1.165) is 11.3 Å². The maximum Gasteiger partial charge on any atom is 0.257 e. The van der Waals surface area contributed by atoms with Crippen LogP contribution in [0, 0.1) is 0 Å². The number of hydrogen-bond donors (Lipinski definition) is 0. The van der Waals surface area contributed by atoms with Gasteiger partial charge in [0.25, 0.3) is 5.89 Å². The molecular formula is C25H29N3O2. The third-order valence-corrected chi connectivity index (χ3v) is 5.78. The van der Waals surface area contributed by atoms with Gasteiger partial charge in [0.15, 0.2) is 5.82 Å². The number of hydrogen-bond acceptors (Lipinski definition) is 4. The Morgan fingerprint density at radius 3 is 2.50 bits per heavy atom. The van der Waals surface area contributed by atoms with E-state index in [0.29, 0.717) is 30.6 Å². The van der Waals surface area contributed by atoms with Crippen LogP contribution in [0.4, 0.5) is 5.69 Å². The molecule has 3 aromatic rings. The standard InChI is InChI=1S/C25H29N3O2/c1-16(2)18-7-6-8-21(13-18)28-15-19(14-22(28)29)23-26-24(30-27-23)17-9-11-20(12-10-17)25(3,4)5/h6-13,16,19H,14-15H2,1-5H3. The fraction of sp³-hybridized carbons (Fsp3) is 0.400. The van der Waals surface area contributed by atoms with E-state index in [1.165, 1.54) is 11.1 Å². The van der Waals surface area contributed by atoms with Crippen molar-refractivity contribution in [2.24, 2.45) is 0 Å². The SMILES string of the molecule is CC(C)c1cccc(N2CC(c3noc(-c4ccc(C(C)(C)C)cc4)n3)CC2=O)c1. The molecule has 0 bridgehead atoms. The van der Waals surface area contributed by atoms with E-state index < -0.39 is 0 Å². The zero-order chi connectivity index (χ0) is 21.5. The number of carbonyl (C=O) groups excluding carboxylic acids is 1. The second kappa shape index (κ2) is 7.71. The van der Waals surface area contributed by atoms with Gasteiger partial charge in [0.05, 0.1) is 0 Å². The number of carbonyl (C=O) groups is 1. The molecule has 1 aliphatic rings. The van der Waals surface area contributed by atoms with Gasteiger partial charge in [-0.1, -0.05) is 64.0 Å². The van der Waals surface area contributed by atoms with E-state index in [-0.39, 0.29) is 17.2 Å². The highest BCUT2D eigenvalue weighted by Crippen LogP contribution is 2.33. The van der Waals surface area contributed by atoms with Crippen LogP contribution in [0.15, 0.2) is 53.1 Å². The summed E-state index contributed by atoms with van der Waals surface area (Å²) < 4.78 is 5.52. The fourth-order valence-electron chi connectivity index (χ4n) is 3.81. The van der Waals surface area contributed by atoms with Crippen molar-refractivity contribution in [1.29, 1.82) is 0 Å². The Bertz CT molecular complexity index is 1040. The van der Waals surface area contributed by atoms with Crippen molar-refractivity contribution in [3.63, 3.8) is 0 Å². The molecule has 30 heavy (non-hydrogen) atoms. The summed E-state index contributed by atoms with van der Waals surface area (Å²) in [7, 11) is 0. The quantitative estimate of drug-likeness (QED) is 0.562. The minimum Gasteiger partial charge on any atom is -0.334 e. The molecule has 1 aliphatic heterocycles. The molecule has 2 heterocycles. The van der Waals surface area contributed by atoms with Gasteiger partial charge in [-0.2, -0.15) is 4.98 Å². The molecule has 0 spiro atoms. The van der Waals surface area contributed by atoms with Crippen LogP contribution >= 0.6 is 0 Å². The summed E-state index contributed by atoms with van der Waals surface area (Å²) in [6.45, 7) is 11.4. The van der Waals surface area contributed by atoms with Crippen LogP contribution < -0.4 is 4.90 Å². The normalized spacial score (nSPS) is 17.2. The zero-order valence-corrected chi connectivity index (χ0v) is 18.3. The van der Waals surface area contributed by atoms with Gasteiger partial charge in [-0.25, -0.2) is 0 Å². The highest BCUT2D eigenvalue weighted by molar-refractivity contribution is 5.96. The molecule has 1 unspecified atom stereocenters. The van der Waals surface area contributed by atoms with E-state index in [4.69, 9.17) is 4.52 Å². The van der Waals surface area contributed by atoms with E-state index in [2.05, 4.69) is 69.0 Å². The second-order valence-corrected chi connectivity index (χ2v) is 9.44. The van der Waals surface area contributed by atoms with Crippen LogP contribution in [0.25, 0.3) is 11.5 Å². The average Bonchev–Trinajstić information content (AvgIpc) is 3.34. The highest BCUT2D eigenvalue weighted by Gasteiger charge is 2.34. The van der Waals surface area contributed by atoms with E-state index in [1.54, 1.807) is 0 Å². The van der Waals surface area contributed by atoms with Gasteiger partial charge in [-0.15, -0.1) is 0 Å². The first-order valence-corrected chi connectivity index (χ1v) is 10.6. The Hall–Kier alpha value is -2.95. The third-order valence-electron chi connectivity index (χ3n) is 5.78. The maximum absolute atomic E-state index is 12.7. The molecule has 1 fully saturated rings. The van der Waals surface area contributed by atoms with Crippen molar-refractivity contribution in [3.8, 4) is 11.5 Å². The molecule has 156 valence electrons. The first kappa shape index (κ1) is 20.3. The number of rotatable bonds is 4. The van der Waals surface area contributed by atoms with Crippen LogP contribution in [0.2, 0.25) is 0 Å².